The van der Waals surface area contributed by atoms with E-state index in [0.29, 0.717) is 29.3 Å². The molecule has 0 aliphatic carbocycles. The summed E-state index contributed by atoms with van der Waals surface area (Å²) in [6.45, 7) is 6.53. The van der Waals surface area contributed by atoms with E-state index < -0.39 is 11.6 Å². The van der Waals surface area contributed by atoms with Crippen LogP contribution in [-0.4, -0.2) is 14.5 Å². The monoisotopic (exact) mass is 307 g/mol. The van der Waals surface area contributed by atoms with Gasteiger partial charge in [-0.1, -0.05) is 13.8 Å². The van der Waals surface area contributed by atoms with Crippen LogP contribution in [-0.2, 0) is 6.54 Å². The minimum atomic E-state index is -0.872. The zero-order valence-corrected chi connectivity index (χ0v) is 12.8. The molecule has 0 fully saturated rings. The lowest BCUT2D eigenvalue weighted by molar-refractivity contribution is 0.510. The van der Waals surface area contributed by atoms with Gasteiger partial charge < -0.3 is 4.57 Å². The van der Waals surface area contributed by atoms with E-state index in [4.69, 9.17) is 0 Å². The first-order valence-corrected chi connectivity index (χ1v) is 7.60. The molecule has 6 heteroatoms. The number of halogens is 2. The summed E-state index contributed by atoms with van der Waals surface area (Å²) in [5.74, 6) is -0.627. The van der Waals surface area contributed by atoms with E-state index in [2.05, 4.69) is 23.8 Å². The molecule has 2 aromatic heterocycles. The van der Waals surface area contributed by atoms with Gasteiger partial charge in [0, 0.05) is 23.4 Å². The molecule has 0 N–H and O–H groups in total. The first-order chi connectivity index (χ1) is 9.95. The number of hydrogen-bond donors (Lipinski definition) is 0. The molecule has 0 aliphatic heterocycles. The molecule has 0 bridgehead atoms. The maximum Gasteiger partial charge on any atom is 0.161 e. The van der Waals surface area contributed by atoms with Gasteiger partial charge in [-0.25, -0.2) is 18.7 Å². The van der Waals surface area contributed by atoms with Gasteiger partial charge in [-0.2, -0.15) is 0 Å². The highest BCUT2D eigenvalue weighted by Crippen LogP contribution is 2.23. The Morgan fingerprint density at radius 1 is 1.19 bits per heavy atom. The molecule has 3 aromatic rings. The molecule has 21 heavy (non-hydrogen) atoms. The summed E-state index contributed by atoms with van der Waals surface area (Å²) in [5, 5.41) is 3.07. The maximum atomic E-state index is 13.5. The third kappa shape index (κ3) is 2.55. The van der Waals surface area contributed by atoms with Crippen molar-refractivity contribution in [2.24, 2.45) is 0 Å². The number of aryl methyl sites for hydroxylation is 1. The summed E-state index contributed by atoms with van der Waals surface area (Å²) in [6, 6.07) is 2.33. The molecule has 0 aliphatic rings. The first kappa shape index (κ1) is 14.1. The lowest BCUT2D eigenvalue weighted by atomic mass is 10.2. The lowest BCUT2D eigenvalue weighted by Gasteiger charge is -2.05. The molecule has 110 valence electrons. The number of aromatic nitrogens is 3. The van der Waals surface area contributed by atoms with Crippen LogP contribution in [0.15, 0.2) is 17.5 Å². The third-order valence-electron chi connectivity index (χ3n) is 3.36. The predicted molar refractivity (Wildman–Crippen MR) is 79.7 cm³/mol. The Kier molecular flexibility index (Phi) is 3.49. The van der Waals surface area contributed by atoms with Gasteiger partial charge in [-0.05, 0) is 6.92 Å². The quantitative estimate of drug-likeness (QED) is 0.724. The van der Waals surface area contributed by atoms with Crippen LogP contribution in [0, 0.1) is 18.6 Å². The average Bonchev–Trinajstić information content (AvgIpc) is 2.98. The van der Waals surface area contributed by atoms with Crippen LogP contribution in [0.2, 0.25) is 0 Å². The molecule has 0 unspecified atom stereocenters. The number of nitrogens with zero attached hydrogens (tertiary/aromatic N) is 3. The zero-order chi connectivity index (χ0) is 15.1. The highest BCUT2D eigenvalue weighted by atomic mass is 32.1. The molecule has 0 radical (unpaired) electrons. The molecule has 0 saturated heterocycles. The van der Waals surface area contributed by atoms with E-state index in [9.17, 15) is 8.78 Å². The topological polar surface area (TPSA) is 30.7 Å². The van der Waals surface area contributed by atoms with Gasteiger partial charge >= 0.3 is 0 Å². The molecular formula is C15H15F2N3S. The van der Waals surface area contributed by atoms with E-state index in [1.807, 2.05) is 16.9 Å². The largest absolute Gasteiger partial charge is 0.322 e. The number of imidazole rings is 1. The van der Waals surface area contributed by atoms with Gasteiger partial charge in [0.15, 0.2) is 11.6 Å². The summed E-state index contributed by atoms with van der Waals surface area (Å²) in [6.07, 6.45) is 0. The van der Waals surface area contributed by atoms with Gasteiger partial charge in [-0.3, -0.25) is 0 Å². The molecule has 2 heterocycles. The standard InChI is InChI=1S/C15H15F2N3S/c1-8(2)15-19-10(7-21-15)6-20-9(3)18-13-4-11(16)12(17)5-14(13)20/h4-5,7-8H,6H2,1-3H3. The van der Waals surface area contributed by atoms with Gasteiger partial charge in [-0.15, -0.1) is 11.3 Å². The molecular weight excluding hydrogens is 292 g/mol. The minimum Gasteiger partial charge on any atom is -0.322 e. The van der Waals surface area contributed by atoms with Crippen molar-refractivity contribution in [3.63, 3.8) is 0 Å². The molecule has 0 atom stereocenters. The van der Waals surface area contributed by atoms with Crippen LogP contribution in [0.1, 0.15) is 36.3 Å². The number of fused-ring (bicyclic) bond motifs is 1. The summed E-state index contributed by atoms with van der Waals surface area (Å²) in [7, 11) is 0. The van der Waals surface area contributed by atoms with Crippen LogP contribution in [0.4, 0.5) is 8.78 Å². The van der Waals surface area contributed by atoms with Crippen molar-refractivity contribution in [2.45, 2.75) is 33.2 Å². The fraction of sp³-hybridized carbons (Fsp3) is 0.333. The Morgan fingerprint density at radius 2 is 1.90 bits per heavy atom. The van der Waals surface area contributed by atoms with E-state index in [1.165, 1.54) is 6.07 Å². The van der Waals surface area contributed by atoms with E-state index in [1.54, 1.807) is 11.3 Å². The van der Waals surface area contributed by atoms with Gasteiger partial charge in [0.05, 0.1) is 28.3 Å². The molecule has 1 aromatic carbocycles. The Bertz CT molecular complexity index is 805. The Balaban J connectivity index is 2.03. The maximum absolute atomic E-state index is 13.5. The van der Waals surface area contributed by atoms with Gasteiger partial charge in [0.2, 0.25) is 0 Å². The van der Waals surface area contributed by atoms with Crippen LogP contribution in [0.5, 0.6) is 0 Å². The fourth-order valence-electron chi connectivity index (χ4n) is 2.26. The van der Waals surface area contributed by atoms with Gasteiger partial charge in [0.25, 0.3) is 0 Å². The van der Waals surface area contributed by atoms with Gasteiger partial charge in [0.1, 0.15) is 5.82 Å². The van der Waals surface area contributed by atoms with Crippen molar-refractivity contribution in [3.8, 4) is 0 Å². The van der Waals surface area contributed by atoms with Crippen LogP contribution >= 0.6 is 11.3 Å². The summed E-state index contributed by atoms with van der Waals surface area (Å²) >= 11 is 1.62. The number of rotatable bonds is 3. The molecule has 3 rings (SSSR count). The molecule has 3 nitrogen and oxygen atoms in total. The van der Waals surface area contributed by atoms with Crippen molar-refractivity contribution in [1.29, 1.82) is 0 Å². The van der Waals surface area contributed by atoms with Crippen LogP contribution in [0.3, 0.4) is 0 Å². The molecule has 0 spiro atoms. The number of benzene rings is 1. The summed E-state index contributed by atoms with van der Waals surface area (Å²) in [4.78, 5) is 8.86. The Hall–Kier alpha value is -1.82. The highest BCUT2D eigenvalue weighted by Gasteiger charge is 2.14. The Labute approximate surface area is 125 Å². The van der Waals surface area contributed by atoms with E-state index >= 15 is 0 Å². The zero-order valence-electron chi connectivity index (χ0n) is 12.0. The second-order valence-electron chi connectivity index (χ2n) is 5.33. The number of thiazole rings is 1. The van der Waals surface area contributed by atoms with Crippen LogP contribution in [0.25, 0.3) is 11.0 Å². The molecule has 0 saturated carbocycles. The second-order valence-corrected chi connectivity index (χ2v) is 6.22. The Morgan fingerprint density at radius 3 is 2.57 bits per heavy atom. The van der Waals surface area contributed by atoms with Crippen molar-refractivity contribution < 1.29 is 8.78 Å². The van der Waals surface area contributed by atoms with Crippen molar-refractivity contribution in [2.75, 3.05) is 0 Å². The number of hydrogen-bond acceptors (Lipinski definition) is 3. The van der Waals surface area contributed by atoms with E-state index in [-0.39, 0.29) is 0 Å². The van der Waals surface area contributed by atoms with E-state index in [0.717, 1.165) is 16.8 Å². The highest BCUT2D eigenvalue weighted by molar-refractivity contribution is 7.09. The smallest absolute Gasteiger partial charge is 0.161 e. The van der Waals surface area contributed by atoms with Crippen molar-refractivity contribution >= 4 is 22.4 Å². The fourth-order valence-corrected chi connectivity index (χ4v) is 3.09. The summed E-state index contributed by atoms with van der Waals surface area (Å²) in [5.41, 5.74) is 1.96. The predicted octanol–water partition coefficient (Wildman–Crippen LogP) is 4.25. The molecule has 0 amide bonds. The van der Waals surface area contributed by atoms with Crippen molar-refractivity contribution in [3.05, 3.63) is 45.7 Å². The normalized spacial score (nSPS) is 11.7. The summed E-state index contributed by atoms with van der Waals surface area (Å²) < 4.78 is 28.6. The van der Waals surface area contributed by atoms with Crippen molar-refractivity contribution in [1.82, 2.24) is 14.5 Å². The third-order valence-corrected chi connectivity index (χ3v) is 4.56. The lowest BCUT2D eigenvalue weighted by Crippen LogP contribution is -2.03. The minimum absolute atomic E-state index is 0.385. The SMILES string of the molecule is Cc1nc2cc(F)c(F)cc2n1Cc1csc(C(C)C)n1. The van der Waals surface area contributed by atoms with Crippen LogP contribution < -0.4 is 0 Å². The first-order valence-electron chi connectivity index (χ1n) is 6.72. The average molecular weight is 307 g/mol. The second kappa shape index (κ2) is 5.18.